The number of benzene rings is 5. The van der Waals surface area contributed by atoms with Crippen LogP contribution in [0.2, 0.25) is 0 Å². The van der Waals surface area contributed by atoms with Crippen molar-refractivity contribution in [2.75, 3.05) is 5.73 Å². The average Bonchev–Trinajstić information content (AvgIpc) is 3.67. The van der Waals surface area contributed by atoms with E-state index < -0.39 is 0 Å². The van der Waals surface area contributed by atoms with Crippen LogP contribution in [0.25, 0.3) is 53.2 Å². The summed E-state index contributed by atoms with van der Waals surface area (Å²) in [6, 6.07) is 34.7. The Labute approximate surface area is 241 Å². The van der Waals surface area contributed by atoms with Gasteiger partial charge in [-0.15, -0.1) is 11.3 Å². The standard InChI is InChI=1S/C37H26N2OS/c1-21-14-17-28(38)34(22-15-18-31-27(20-22)24-9-3-6-12-30(24)40-31)36(21)39-29-11-5-2-8-23(29)25-16-19-33-35(37(25)39)26-10-4-7-13-32(26)41-33/h2-20,27,31H,38H2,1H3. The summed E-state index contributed by atoms with van der Waals surface area (Å²) < 4.78 is 11.4. The van der Waals surface area contributed by atoms with Crippen LogP contribution in [0.4, 0.5) is 5.69 Å². The molecule has 0 bridgehead atoms. The number of hydrogen-bond acceptors (Lipinski definition) is 3. The summed E-state index contributed by atoms with van der Waals surface area (Å²) in [6.07, 6.45) is 6.76. The number of nitrogens with two attached hydrogens (primary N) is 1. The van der Waals surface area contributed by atoms with E-state index in [0.29, 0.717) is 0 Å². The van der Waals surface area contributed by atoms with Crippen molar-refractivity contribution in [3.8, 4) is 11.4 Å². The van der Waals surface area contributed by atoms with Crippen LogP contribution >= 0.6 is 11.3 Å². The average molecular weight is 547 g/mol. The second kappa shape index (κ2) is 8.35. The molecule has 7 aromatic rings. The number of thiophene rings is 1. The molecular formula is C37H26N2OS. The maximum Gasteiger partial charge on any atom is 0.128 e. The molecule has 4 heteroatoms. The van der Waals surface area contributed by atoms with Crippen LogP contribution in [0.5, 0.6) is 5.75 Å². The van der Waals surface area contributed by atoms with Gasteiger partial charge in [0.2, 0.25) is 0 Å². The number of anilines is 1. The minimum Gasteiger partial charge on any atom is -0.485 e. The number of hydrogen-bond donors (Lipinski definition) is 1. The Bertz CT molecular complexity index is 2280. The van der Waals surface area contributed by atoms with E-state index in [1.54, 1.807) is 0 Å². The van der Waals surface area contributed by atoms with Gasteiger partial charge in [-0.2, -0.15) is 0 Å². The molecule has 0 radical (unpaired) electrons. The minimum absolute atomic E-state index is 0.00988. The van der Waals surface area contributed by atoms with Crippen molar-refractivity contribution in [1.82, 2.24) is 4.57 Å². The van der Waals surface area contributed by atoms with Crippen molar-refractivity contribution >= 4 is 64.6 Å². The Morgan fingerprint density at radius 3 is 2.51 bits per heavy atom. The molecule has 0 saturated carbocycles. The van der Waals surface area contributed by atoms with E-state index in [1.165, 1.54) is 53.1 Å². The van der Waals surface area contributed by atoms with Crippen LogP contribution in [0.1, 0.15) is 22.6 Å². The fourth-order valence-corrected chi connectivity index (χ4v) is 8.13. The highest BCUT2D eigenvalue weighted by molar-refractivity contribution is 7.26. The van der Waals surface area contributed by atoms with Crippen molar-refractivity contribution < 1.29 is 4.74 Å². The molecule has 3 heterocycles. The molecule has 196 valence electrons. The highest BCUT2D eigenvalue weighted by atomic mass is 32.1. The van der Waals surface area contributed by atoms with Crippen molar-refractivity contribution in [2.45, 2.75) is 18.9 Å². The number of aromatic nitrogens is 1. The summed E-state index contributed by atoms with van der Waals surface area (Å²) in [5.74, 6) is 1.13. The molecule has 2 atom stereocenters. The van der Waals surface area contributed by atoms with Gasteiger partial charge in [0, 0.05) is 53.7 Å². The van der Waals surface area contributed by atoms with Crippen LogP contribution in [0.15, 0.2) is 115 Å². The van der Waals surface area contributed by atoms with Gasteiger partial charge in [-0.25, -0.2) is 0 Å². The fraction of sp³-hybridized carbons (Fsp3) is 0.0811. The molecule has 1 aliphatic heterocycles. The maximum absolute atomic E-state index is 6.91. The van der Waals surface area contributed by atoms with Crippen LogP contribution in [-0.2, 0) is 0 Å². The second-order valence-corrected chi connectivity index (χ2v) is 12.2. The zero-order chi connectivity index (χ0) is 27.2. The van der Waals surface area contributed by atoms with E-state index in [-0.39, 0.29) is 12.0 Å². The maximum atomic E-state index is 6.91. The van der Waals surface area contributed by atoms with Gasteiger partial charge < -0.3 is 15.0 Å². The van der Waals surface area contributed by atoms with E-state index in [4.69, 9.17) is 10.5 Å². The molecular weight excluding hydrogens is 520 g/mol. The van der Waals surface area contributed by atoms with Crippen LogP contribution in [-0.4, -0.2) is 10.7 Å². The number of nitrogens with zero attached hydrogens (tertiary/aromatic N) is 1. The summed E-state index contributed by atoms with van der Waals surface area (Å²) in [5, 5.41) is 5.11. The first-order valence-electron chi connectivity index (χ1n) is 14.1. The van der Waals surface area contributed by atoms with Gasteiger partial charge in [0.25, 0.3) is 0 Å². The van der Waals surface area contributed by atoms with Crippen LogP contribution < -0.4 is 10.5 Å². The Morgan fingerprint density at radius 2 is 1.59 bits per heavy atom. The Kier molecular flexibility index (Phi) is 4.68. The number of fused-ring (bicyclic) bond motifs is 10. The molecule has 2 aliphatic rings. The van der Waals surface area contributed by atoms with E-state index in [2.05, 4.69) is 121 Å². The molecule has 0 fully saturated rings. The third kappa shape index (κ3) is 3.14. The van der Waals surface area contributed by atoms with Gasteiger partial charge >= 0.3 is 0 Å². The summed E-state index contributed by atoms with van der Waals surface area (Å²) in [7, 11) is 0. The molecule has 5 aromatic carbocycles. The van der Waals surface area contributed by atoms with E-state index in [9.17, 15) is 0 Å². The van der Waals surface area contributed by atoms with Crippen molar-refractivity contribution in [3.05, 3.63) is 132 Å². The lowest BCUT2D eigenvalue weighted by Gasteiger charge is -2.23. The van der Waals surface area contributed by atoms with Crippen LogP contribution in [0.3, 0.4) is 0 Å². The highest BCUT2D eigenvalue weighted by Crippen LogP contribution is 2.48. The quantitative estimate of drug-likeness (QED) is 0.219. The van der Waals surface area contributed by atoms with Crippen molar-refractivity contribution in [1.29, 1.82) is 0 Å². The topological polar surface area (TPSA) is 40.2 Å². The number of allylic oxidation sites excluding steroid dienone is 2. The minimum atomic E-state index is 0.00988. The monoisotopic (exact) mass is 546 g/mol. The van der Waals surface area contributed by atoms with E-state index in [1.807, 2.05) is 17.4 Å². The largest absolute Gasteiger partial charge is 0.485 e. The third-order valence-electron chi connectivity index (χ3n) is 8.82. The Hall–Kier alpha value is -4.80. The van der Waals surface area contributed by atoms with Gasteiger partial charge in [-0.3, -0.25) is 0 Å². The number of rotatable bonds is 2. The molecule has 2 unspecified atom stereocenters. The lowest BCUT2D eigenvalue weighted by Crippen LogP contribution is -2.17. The predicted octanol–water partition coefficient (Wildman–Crippen LogP) is 9.54. The van der Waals surface area contributed by atoms with E-state index in [0.717, 1.165) is 28.3 Å². The molecule has 0 amide bonds. The lowest BCUT2D eigenvalue weighted by atomic mass is 9.85. The van der Waals surface area contributed by atoms with Gasteiger partial charge in [-0.1, -0.05) is 78.9 Å². The normalized spacial score (nSPS) is 17.7. The van der Waals surface area contributed by atoms with Gasteiger partial charge in [-0.05, 0) is 54.5 Å². The van der Waals surface area contributed by atoms with Crippen LogP contribution in [0, 0.1) is 6.92 Å². The molecule has 1 aliphatic carbocycles. The third-order valence-corrected chi connectivity index (χ3v) is 9.95. The smallest absolute Gasteiger partial charge is 0.128 e. The number of ether oxygens (including phenoxy) is 1. The fourth-order valence-electron chi connectivity index (χ4n) is 7.02. The van der Waals surface area contributed by atoms with Gasteiger partial charge in [0.15, 0.2) is 0 Å². The lowest BCUT2D eigenvalue weighted by molar-refractivity contribution is 0.269. The molecule has 3 nitrogen and oxygen atoms in total. The molecule has 0 saturated heterocycles. The Morgan fingerprint density at radius 1 is 0.780 bits per heavy atom. The van der Waals surface area contributed by atoms with Crippen molar-refractivity contribution in [2.24, 2.45) is 0 Å². The second-order valence-electron chi connectivity index (χ2n) is 11.1. The summed E-state index contributed by atoms with van der Waals surface area (Å²) >= 11 is 1.86. The molecule has 0 spiro atoms. The number of nitrogen functional groups attached to an aromatic ring is 1. The summed E-state index contributed by atoms with van der Waals surface area (Å²) in [4.78, 5) is 0. The zero-order valence-corrected chi connectivity index (χ0v) is 23.3. The van der Waals surface area contributed by atoms with E-state index >= 15 is 0 Å². The number of aryl methyl sites for hydroxylation is 1. The van der Waals surface area contributed by atoms with Gasteiger partial charge in [0.05, 0.1) is 16.7 Å². The first-order valence-corrected chi connectivity index (χ1v) is 14.9. The molecule has 41 heavy (non-hydrogen) atoms. The highest BCUT2D eigenvalue weighted by Gasteiger charge is 2.34. The SMILES string of the molecule is Cc1ccc(N)c(C2=CC3c4ccccc4OC3C=C2)c1-n1c2ccccc2c2ccc3sc4ccccc4c3c21. The molecule has 2 N–H and O–H groups in total. The summed E-state index contributed by atoms with van der Waals surface area (Å²) in [6.45, 7) is 2.20. The predicted molar refractivity (Wildman–Crippen MR) is 174 cm³/mol. The summed E-state index contributed by atoms with van der Waals surface area (Å²) in [5.41, 5.74) is 15.9. The van der Waals surface area contributed by atoms with Crippen molar-refractivity contribution in [3.63, 3.8) is 0 Å². The molecule has 2 aromatic heterocycles. The molecule has 9 rings (SSSR count). The Balaban J connectivity index is 1.40. The first kappa shape index (κ1) is 23.0. The first-order chi connectivity index (χ1) is 20.2. The zero-order valence-electron chi connectivity index (χ0n) is 22.5. The van der Waals surface area contributed by atoms with Gasteiger partial charge in [0.1, 0.15) is 11.9 Å². The number of para-hydroxylation sites is 2.